The van der Waals surface area contributed by atoms with Crippen molar-refractivity contribution in [3.05, 3.63) is 58.2 Å². The molecule has 214 valence electrons. The molecule has 0 unspecified atom stereocenters. The molecule has 3 aromatic rings. The summed E-state index contributed by atoms with van der Waals surface area (Å²) in [5.74, 6) is -0.739. The number of fused-ring (bicyclic) bond motifs is 1. The highest BCUT2D eigenvalue weighted by molar-refractivity contribution is 7.16. The SMILES string of the molecule is Cc1sc(NC(=O)Cc2ccc(F)c(OCCOCCNC(=O)OC(C)(C)C)c2)nc1-c1ccc2c(c1)CCN2. The molecule has 0 saturated heterocycles. The molecule has 0 aliphatic carbocycles. The Morgan fingerprint density at radius 2 is 1.95 bits per heavy atom. The molecule has 1 aliphatic rings. The number of carbonyl (C=O) groups excluding carboxylic acids is 2. The first kappa shape index (κ1) is 29.3. The van der Waals surface area contributed by atoms with Crippen LogP contribution in [-0.2, 0) is 27.1 Å². The quantitative estimate of drug-likeness (QED) is 0.267. The molecular formula is C29H35FN4O5S. The number of nitrogens with zero attached hydrogens (tertiary/aromatic N) is 1. The topological polar surface area (TPSA) is 111 Å². The number of hydrogen-bond acceptors (Lipinski definition) is 8. The van der Waals surface area contributed by atoms with Crippen molar-refractivity contribution in [2.24, 2.45) is 0 Å². The molecule has 9 nitrogen and oxygen atoms in total. The van der Waals surface area contributed by atoms with Gasteiger partial charge in [0.15, 0.2) is 16.7 Å². The molecule has 0 fully saturated rings. The molecule has 4 rings (SSSR count). The summed E-state index contributed by atoms with van der Waals surface area (Å²) in [7, 11) is 0. The number of alkyl carbamates (subject to hydrolysis) is 1. The minimum Gasteiger partial charge on any atom is -0.488 e. The highest BCUT2D eigenvalue weighted by Gasteiger charge is 2.17. The highest BCUT2D eigenvalue weighted by Crippen LogP contribution is 2.34. The number of hydrogen-bond donors (Lipinski definition) is 3. The van der Waals surface area contributed by atoms with Crippen LogP contribution in [-0.4, -0.2) is 55.5 Å². The molecule has 0 spiro atoms. The maximum Gasteiger partial charge on any atom is 0.407 e. The fourth-order valence-corrected chi connectivity index (χ4v) is 4.99. The van der Waals surface area contributed by atoms with E-state index in [0.29, 0.717) is 10.7 Å². The van der Waals surface area contributed by atoms with Crippen LogP contribution in [0.5, 0.6) is 5.75 Å². The standard InChI is InChI=1S/C29H35FN4O5S/c1-18-26(21-6-8-23-20(17-21)9-10-31-23)34-27(40-18)33-25(35)16-19-5-7-22(30)24(15-19)38-14-13-37-12-11-32-28(36)39-29(2,3)4/h5-8,15,17,31H,9-14,16H2,1-4H3,(H,32,36)(H,33,34,35). The molecule has 1 aliphatic heterocycles. The minimum absolute atomic E-state index is 0.0410. The van der Waals surface area contributed by atoms with Crippen molar-refractivity contribution in [2.45, 2.75) is 46.1 Å². The van der Waals surface area contributed by atoms with Crippen LogP contribution >= 0.6 is 11.3 Å². The third-order valence-electron chi connectivity index (χ3n) is 5.89. The summed E-state index contributed by atoms with van der Waals surface area (Å²) in [4.78, 5) is 30.0. The van der Waals surface area contributed by atoms with E-state index in [2.05, 4.69) is 33.1 Å². The third kappa shape index (κ3) is 8.40. The monoisotopic (exact) mass is 570 g/mol. The van der Waals surface area contributed by atoms with Gasteiger partial charge in [-0.1, -0.05) is 12.1 Å². The van der Waals surface area contributed by atoms with Gasteiger partial charge in [0, 0.05) is 29.2 Å². The van der Waals surface area contributed by atoms with Gasteiger partial charge >= 0.3 is 6.09 Å². The number of benzene rings is 2. The van der Waals surface area contributed by atoms with Crippen LogP contribution in [0.4, 0.5) is 20.0 Å². The van der Waals surface area contributed by atoms with Gasteiger partial charge in [0.1, 0.15) is 12.2 Å². The molecule has 0 bridgehead atoms. The summed E-state index contributed by atoms with van der Waals surface area (Å²) < 4.78 is 30.3. The molecule has 1 aromatic heterocycles. The van der Waals surface area contributed by atoms with Crippen molar-refractivity contribution in [1.82, 2.24) is 10.3 Å². The number of halogens is 1. The molecule has 0 saturated carbocycles. The molecule has 0 atom stereocenters. The zero-order chi connectivity index (χ0) is 28.7. The first-order chi connectivity index (χ1) is 19.1. The van der Waals surface area contributed by atoms with Crippen LogP contribution in [0.2, 0.25) is 0 Å². The Bertz CT molecular complexity index is 1350. The lowest BCUT2D eigenvalue weighted by atomic mass is 10.1. The van der Waals surface area contributed by atoms with Crippen molar-refractivity contribution in [3.8, 4) is 17.0 Å². The van der Waals surface area contributed by atoms with Crippen LogP contribution in [0.3, 0.4) is 0 Å². The Kier molecular flexibility index (Phi) is 9.59. The van der Waals surface area contributed by atoms with Gasteiger partial charge in [-0.3, -0.25) is 4.79 Å². The van der Waals surface area contributed by atoms with E-state index in [-0.39, 0.29) is 44.4 Å². The second-order valence-corrected chi connectivity index (χ2v) is 11.6. The molecule has 40 heavy (non-hydrogen) atoms. The van der Waals surface area contributed by atoms with Crippen molar-refractivity contribution >= 4 is 34.2 Å². The van der Waals surface area contributed by atoms with E-state index < -0.39 is 17.5 Å². The van der Waals surface area contributed by atoms with E-state index in [9.17, 15) is 14.0 Å². The number of carbonyl (C=O) groups is 2. The molecule has 2 aromatic carbocycles. The predicted molar refractivity (Wildman–Crippen MR) is 154 cm³/mol. The number of ether oxygens (including phenoxy) is 3. The number of thiazole rings is 1. The minimum atomic E-state index is -0.567. The zero-order valence-electron chi connectivity index (χ0n) is 23.2. The second kappa shape index (κ2) is 13.1. The Balaban J connectivity index is 1.22. The summed E-state index contributed by atoms with van der Waals surface area (Å²) in [6, 6.07) is 10.6. The molecule has 3 N–H and O–H groups in total. The van der Waals surface area contributed by atoms with Crippen molar-refractivity contribution in [1.29, 1.82) is 0 Å². The van der Waals surface area contributed by atoms with E-state index in [4.69, 9.17) is 14.2 Å². The zero-order valence-corrected chi connectivity index (χ0v) is 24.0. The predicted octanol–water partition coefficient (Wildman–Crippen LogP) is 5.33. The van der Waals surface area contributed by atoms with Gasteiger partial charge in [-0.2, -0.15) is 0 Å². The summed E-state index contributed by atoms with van der Waals surface area (Å²) in [6.07, 6.45) is 0.513. The Labute approximate surface area is 237 Å². The van der Waals surface area contributed by atoms with Crippen LogP contribution in [0.25, 0.3) is 11.3 Å². The summed E-state index contributed by atoms with van der Waals surface area (Å²) in [5.41, 5.74) is 4.35. The fourth-order valence-electron chi connectivity index (χ4n) is 4.14. The van der Waals surface area contributed by atoms with Gasteiger partial charge in [0.25, 0.3) is 0 Å². The van der Waals surface area contributed by atoms with E-state index in [1.54, 1.807) is 26.8 Å². The van der Waals surface area contributed by atoms with E-state index in [1.807, 2.05) is 13.0 Å². The Morgan fingerprint density at radius 3 is 2.75 bits per heavy atom. The first-order valence-corrected chi connectivity index (χ1v) is 14.0. The molecular weight excluding hydrogens is 535 g/mol. The van der Waals surface area contributed by atoms with Gasteiger partial charge in [0.05, 0.1) is 25.3 Å². The van der Waals surface area contributed by atoms with Gasteiger partial charge < -0.3 is 30.2 Å². The maximum absolute atomic E-state index is 14.3. The largest absolute Gasteiger partial charge is 0.488 e. The normalized spacial score (nSPS) is 12.4. The van der Waals surface area contributed by atoms with Crippen molar-refractivity contribution < 1.29 is 28.2 Å². The number of nitrogens with one attached hydrogen (secondary N) is 3. The summed E-state index contributed by atoms with van der Waals surface area (Å²) in [5, 5.41) is 9.33. The van der Waals surface area contributed by atoms with Crippen LogP contribution in [0.1, 0.15) is 36.8 Å². The van der Waals surface area contributed by atoms with Crippen molar-refractivity contribution in [2.75, 3.05) is 43.5 Å². The van der Waals surface area contributed by atoms with Crippen molar-refractivity contribution in [3.63, 3.8) is 0 Å². The summed E-state index contributed by atoms with van der Waals surface area (Å²) >= 11 is 1.42. The molecule has 0 radical (unpaired) electrons. The van der Waals surface area contributed by atoms with E-state index in [0.717, 1.165) is 34.8 Å². The van der Waals surface area contributed by atoms with Gasteiger partial charge in [-0.15, -0.1) is 11.3 Å². The summed E-state index contributed by atoms with van der Waals surface area (Å²) in [6.45, 7) is 9.12. The molecule has 2 amide bonds. The average Bonchev–Trinajstić information content (AvgIpc) is 3.49. The van der Waals surface area contributed by atoms with Gasteiger partial charge in [-0.05, 0) is 69.5 Å². The lowest BCUT2D eigenvalue weighted by Crippen LogP contribution is -2.34. The van der Waals surface area contributed by atoms with Gasteiger partial charge in [-0.25, -0.2) is 14.2 Å². The average molecular weight is 571 g/mol. The highest BCUT2D eigenvalue weighted by atomic mass is 32.1. The van der Waals surface area contributed by atoms with Crippen LogP contribution in [0.15, 0.2) is 36.4 Å². The first-order valence-electron chi connectivity index (χ1n) is 13.2. The number of rotatable bonds is 11. The van der Waals surface area contributed by atoms with E-state index >= 15 is 0 Å². The van der Waals surface area contributed by atoms with Crippen LogP contribution in [0, 0.1) is 12.7 Å². The van der Waals surface area contributed by atoms with E-state index in [1.165, 1.54) is 29.0 Å². The lowest BCUT2D eigenvalue weighted by Gasteiger charge is -2.19. The maximum atomic E-state index is 14.3. The fraction of sp³-hybridized carbons (Fsp3) is 0.414. The Morgan fingerprint density at radius 1 is 1.12 bits per heavy atom. The lowest BCUT2D eigenvalue weighted by molar-refractivity contribution is -0.115. The molecule has 11 heteroatoms. The van der Waals surface area contributed by atoms with Crippen LogP contribution < -0.4 is 20.7 Å². The third-order valence-corrected chi connectivity index (χ3v) is 6.78. The van der Waals surface area contributed by atoms with Gasteiger partial charge in [0.2, 0.25) is 5.91 Å². The Hall–Kier alpha value is -3.70. The number of anilines is 2. The second-order valence-electron chi connectivity index (χ2n) is 10.4. The number of aryl methyl sites for hydroxylation is 1. The number of aromatic nitrogens is 1. The molecule has 2 heterocycles. The number of amides is 2. The smallest absolute Gasteiger partial charge is 0.407 e.